The molecule has 1 fully saturated rings. The third-order valence-electron chi connectivity index (χ3n) is 5.44. The van der Waals surface area contributed by atoms with Gasteiger partial charge in [-0.2, -0.15) is 5.26 Å². The van der Waals surface area contributed by atoms with Crippen LogP contribution < -0.4 is 11.3 Å². The van der Waals surface area contributed by atoms with E-state index in [1.54, 1.807) is 36.3 Å². The highest BCUT2D eigenvalue weighted by molar-refractivity contribution is 7.18. The van der Waals surface area contributed by atoms with E-state index >= 15 is 0 Å². The first kappa shape index (κ1) is 21.0. The summed E-state index contributed by atoms with van der Waals surface area (Å²) in [5.41, 5.74) is 7.84. The predicted molar refractivity (Wildman–Crippen MR) is 118 cm³/mol. The number of amides is 1. The Kier molecular flexibility index (Phi) is 5.72. The van der Waals surface area contributed by atoms with E-state index in [0.29, 0.717) is 29.1 Å². The van der Waals surface area contributed by atoms with E-state index in [4.69, 9.17) is 11.0 Å². The van der Waals surface area contributed by atoms with Crippen molar-refractivity contribution < 1.29 is 9.18 Å². The van der Waals surface area contributed by atoms with Crippen LogP contribution >= 0.6 is 11.3 Å². The number of pyridine rings is 1. The van der Waals surface area contributed by atoms with Crippen molar-refractivity contribution in [3.8, 4) is 27.6 Å². The van der Waals surface area contributed by atoms with Crippen molar-refractivity contribution in [1.29, 1.82) is 5.26 Å². The van der Waals surface area contributed by atoms with Crippen molar-refractivity contribution in [2.75, 3.05) is 13.1 Å². The minimum atomic E-state index is -0.618. The molecule has 0 saturated carbocycles. The number of carbonyl (C=O) groups excluding carboxylic acids is 1. The van der Waals surface area contributed by atoms with Gasteiger partial charge in [-0.15, -0.1) is 11.3 Å². The number of thiophene rings is 1. The Bertz CT molecular complexity index is 1260. The summed E-state index contributed by atoms with van der Waals surface area (Å²) in [6.45, 7) is 1.16. The Balaban J connectivity index is 1.83. The highest BCUT2D eigenvalue weighted by Crippen LogP contribution is 2.40. The maximum atomic E-state index is 14.3. The van der Waals surface area contributed by atoms with Gasteiger partial charge in [0.15, 0.2) is 0 Å². The molecule has 0 unspecified atom stereocenters. The third kappa shape index (κ3) is 4.15. The van der Waals surface area contributed by atoms with Crippen LogP contribution in [0.5, 0.6) is 0 Å². The minimum Gasteiger partial charge on any atom is -0.336 e. The summed E-state index contributed by atoms with van der Waals surface area (Å²) in [5, 5.41) is 9.03. The summed E-state index contributed by atoms with van der Waals surface area (Å²) in [4.78, 5) is 28.0. The van der Waals surface area contributed by atoms with Gasteiger partial charge in [0.2, 0.25) is 5.56 Å². The molecule has 1 aliphatic heterocycles. The molecule has 3 aromatic rings. The SMILES string of the molecule is Cn1cc(-c2sc(C(=O)N3CCC[C@@H](N)C3)cc2-c2ccc(C#N)c(F)c2)ccc1=O. The first-order valence-corrected chi connectivity index (χ1v) is 10.7. The van der Waals surface area contributed by atoms with Gasteiger partial charge >= 0.3 is 0 Å². The molecule has 6 nitrogen and oxygen atoms in total. The number of nitrogens with two attached hydrogens (primary N) is 1. The van der Waals surface area contributed by atoms with Gasteiger partial charge in [0.05, 0.1) is 10.4 Å². The molecular formula is C23H21FN4O2S. The van der Waals surface area contributed by atoms with E-state index in [-0.39, 0.29) is 23.1 Å². The van der Waals surface area contributed by atoms with Gasteiger partial charge in [0.25, 0.3) is 5.91 Å². The molecule has 0 radical (unpaired) electrons. The molecule has 2 aromatic heterocycles. The highest BCUT2D eigenvalue weighted by atomic mass is 32.1. The van der Waals surface area contributed by atoms with Crippen molar-refractivity contribution in [3.05, 3.63) is 69.2 Å². The Morgan fingerprint density at radius 3 is 2.71 bits per heavy atom. The molecule has 158 valence electrons. The summed E-state index contributed by atoms with van der Waals surface area (Å²) in [6.07, 6.45) is 3.45. The minimum absolute atomic E-state index is 0.0344. The summed E-state index contributed by atoms with van der Waals surface area (Å²) >= 11 is 1.31. The van der Waals surface area contributed by atoms with Crippen LogP contribution in [0.15, 0.2) is 47.4 Å². The van der Waals surface area contributed by atoms with Crippen molar-refractivity contribution in [3.63, 3.8) is 0 Å². The lowest BCUT2D eigenvalue weighted by atomic mass is 10.0. The van der Waals surface area contributed by atoms with Gasteiger partial charge in [0, 0.05) is 54.4 Å². The van der Waals surface area contributed by atoms with E-state index in [2.05, 4.69) is 0 Å². The number of benzene rings is 1. The molecule has 8 heteroatoms. The predicted octanol–water partition coefficient (Wildman–Crippen LogP) is 3.35. The zero-order valence-electron chi connectivity index (χ0n) is 17.0. The van der Waals surface area contributed by atoms with Gasteiger partial charge in [-0.1, -0.05) is 6.07 Å². The smallest absolute Gasteiger partial charge is 0.264 e. The quantitative estimate of drug-likeness (QED) is 0.682. The lowest BCUT2D eigenvalue weighted by molar-refractivity contribution is 0.0714. The molecule has 3 heterocycles. The van der Waals surface area contributed by atoms with E-state index in [0.717, 1.165) is 23.3 Å². The van der Waals surface area contributed by atoms with Crippen LogP contribution in [0.3, 0.4) is 0 Å². The first-order valence-electron chi connectivity index (χ1n) is 9.93. The van der Waals surface area contributed by atoms with Crippen LogP contribution in [0, 0.1) is 17.1 Å². The average molecular weight is 437 g/mol. The summed E-state index contributed by atoms with van der Waals surface area (Å²) < 4.78 is 15.8. The topological polar surface area (TPSA) is 92.1 Å². The number of likely N-dealkylation sites (tertiary alicyclic amines) is 1. The van der Waals surface area contributed by atoms with Crippen LogP contribution in [0.2, 0.25) is 0 Å². The van der Waals surface area contributed by atoms with E-state index in [9.17, 15) is 14.0 Å². The first-order chi connectivity index (χ1) is 14.9. The zero-order chi connectivity index (χ0) is 22.1. The van der Waals surface area contributed by atoms with Crippen LogP contribution in [-0.2, 0) is 7.05 Å². The second-order valence-electron chi connectivity index (χ2n) is 7.68. The summed E-state index contributed by atoms with van der Waals surface area (Å²) in [5.74, 6) is -0.723. The number of rotatable bonds is 3. The van der Waals surface area contributed by atoms with Crippen LogP contribution in [0.1, 0.15) is 28.1 Å². The molecule has 31 heavy (non-hydrogen) atoms. The fourth-order valence-electron chi connectivity index (χ4n) is 3.78. The highest BCUT2D eigenvalue weighted by Gasteiger charge is 2.25. The molecule has 4 rings (SSSR count). The number of halogens is 1. The third-order valence-corrected chi connectivity index (χ3v) is 6.61. The monoisotopic (exact) mass is 436 g/mol. The fourth-order valence-corrected chi connectivity index (χ4v) is 4.92. The largest absolute Gasteiger partial charge is 0.336 e. The zero-order valence-corrected chi connectivity index (χ0v) is 17.8. The van der Waals surface area contributed by atoms with Crippen molar-refractivity contribution >= 4 is 17.2 Å². The molecule has 1 saturated heterocycles. The Morgan fingerprint density at radius 1 is 1.26 bits per heavy atom. The molecule has 1 aliphatic rings. The second kappa shape index (κ2) is 8.46. The second-order valence-corrected chi connectivity index (χ2v) is 8.73. The number of aryl methyl sites for hydroxylation is 1. The molecular weight excluding hydrogens is 415 g/mol. The lowest BCUT2D eigenvalue weighted by Gasteiger charge is -2.30. The van der Waals surface area contributed by atoms with E-state index in [1.807, 2.05) is 6.07 Å². The van der Waals surface area contributed by atoms with Gasteiger partial charge in [-0.05, 0) is 42.7 Å². The number of carbonyl (C=O) groups is 1. The van der Waals surface area contributed by atoms with Crippen molar-refractivity contribution in [2.45, 2.75) is 18.9 Å². The molecule has 1 aromatic carbocycles. The molecule has 0 aliphatic carbocycles. The Labute approximate surface area is 183 Å². The lowest BCUT2D eigenvalue weighted by Crippen LogP contribution is -2.45. The van der Waals surface area contributed by atoms with Gasteiger partial charge in [-0.25, -0.2) is 4.39 Å². The van der Waals surface area contributed by atoms with E-state index < -0.39 is 5.82 Å². The molecule has 2 N–H and O–H groups in total. The molecule has 0 bridgehead atoms. The van der Waals surface area contributed by atoms with Crippen molar-refractivity contribution in [1.82, 2.24) is 9.47 Å². The summed E-state index contributed by atoms with van der Waals surface area (Å²) in [7, 11) is 1.65. The van der Waals surface area contributed by atoms with Crippen molar-refractivity contribution in [2.24, 2.45) is 12.8 Å². The maximum Gasteiger partial charge on any atom is 0.264 e. The molecule has 0 spiro atoms. The molecule has 1 amide bonds. The maximum absolute atomic E-state index is 14.3. The van der Waals surface area contributed by atoms with Gasteiger partial charge in [0.1, 0.15) is 11.9 Å². The van der Waals surface area contributed by atoms with Crippen LogP contribution in [-0.4, -0.2) is 34.5 Å². The van der Waals surface area contributed by atoms with Crippen LogP contribution in [0.4, 0.5) is 4.39 Å². The van der Waals surface area contributed by atoms with E-state index in [1.165, 1.54) is 34.1 Å². The van der Waals surface area contributed by atoms with Gasteiger partial charge < -0.3 is 15.2 Å². The normalized spacial score (nSPS) is 16.2. The Morgan fingerprint density at radius 2 is 2.03 bits per heavy atom. The number of piperidine rings is 1. The number of nitrogens with zero attached hydrogens (tertiary/aromatic N) is 3. The average Bonchev–Trinajstić information content (AvgIpc) is 3.20. The number of hydrogen-bond acceptors (Lipinski definition) is 5. The molecule has 1 atom stereocenters. The fraction of sp³-hybridized carbons (Fsp3) is 0.261. The standard InChI is InChI=1S/C23H21FN4O2S/c1-27-12-16(6-7-21(27)29)22-18(14-4-5-15(11-25)19(24)9-14)10-20(31-22)23(30)28-8-2-3-17(26)13-28/h4-7,9-10,12,17H,2-3,8,13,26H2,1H3/t17-/m1/s1. The number of nitriles is 1. The van der Waals surface area contributed by atoms with Gasteiger partial charge in [-0.3, -0.25) is 9.59 Å². The van der Waals surface area contributed by atoms with Crippen LogP contribution in [0.25, 0.3) is 21.6 Å². The Hall–Kier alpha value is -3.28. The summed E-state index contributed by atoms with van der Waals surface area (Å²) in [6, 6.07) is 11.1. The number of hydrogen-bond donors (Lipinski definition) is 1. The number of aromatic nitrogens is 1.